The fourth-order valence-corrected chi connectivity index (χ4v) is 2.12. The minimum atomic E-state index is -0.293. The van der Waals surface area contributed by atoms with E-state index in [0.717, 1.165) is 12.8 Å². The van der Waals surface area contributed by atoms with Crippen molar-refractivity contribution < 1.29 is 14.4 Å². The summed E-state index contributed by atoms with van der Waals surface area (Å²) in [5.74, 6) is 0.268. The smallest absolute Gasteiger partial charge is 0.403 e. The van der Waals surface area contributed by atoms with Gasteiger partial charge in [-0.3, -0.25) is 0 Å². The second-order valence-electron chi connectivity index (χ2n) is 5.82. The molecule has 4 heteroatoms. The van der Waals surface area contributed by atoms with Crippen LogP contribution in [-0.2, 0) is 9.31 Å². The third-order valence-corrected chi connectivity index (χ3v) is 4.00. The van der Waals surface area contributed by atoms with Crippen LogP contribution in [0.4, 0.5) is 0 Å². The maximum atomic E-state index is 9.41. The average Bonchev–Trinajstić information content (AvgIpc) is 2.37. The molecule has 90 valence electrons. The second kappa shape index (κ2) is 3.86. The van der Waals surface area contributed by atoms with Gasteiger partial charge in [-0.05, 0) is 40.5 Å². The standard InChI is InChI=1S/C12H21BO3/c1-11(2)12(3,4)16-13(15-11)9-5-7-10(14)8-6-9/h5,7,9-10,14H,6,8H2,1-4H3/t9-,10-/m1/s1. The summed E-state index contributed by atoms with van der Waals surface area (Å²) in [5, 5.41) is 9.41. The largest absolute Gasteiger partial charge is 0.465 e. The highest BCUT2D eigenvalue weighted by Crippen LogP contribution is 2.42. The van der Waals surface area contributed by atoms with Crippen LogP contribution in [0.3, 0.4) is 0 Å². The molecule has 0 bridgehead atoms. The fourth-order valence-electron chi connectivity index (χ4n) is 2.12. The van der Waals surface area contributed by atoms with E-state index in [4.69, 9.17) is 9.31 Å². The number of hydrogen-bond acceptors (Lipinski definition) is 3. The molecule has 3 nitrogen and oxygen atoms in total. The van der Waals surface area contributed by atoms with E-state index >= 15 is 0 Å². The molecule has 1 saturated heterocycles. The molecule has 2 atom stereocenters. The maximum absolute atomic E-state index is 9.41. The second-order valence-corrected chi connectivity index (χ2v) is 5.82. The van der Waals surface area contributed by atoms with Gasteiger partial charge in [-0.15, -0.1) is 0 Å². The highest BCUT2D eigenvalue weighted by atomic mass is 16.7. The lowest BCUT2D eigenvalue weighted by atomic mass is 9.67. The van der Waals surface area contributed by atoms with Crippen molar-refractivity contribution in [3.8, 4) is 0 Å². The minimum Gasteiger partial charge on any atom is -0.403 e. The molecule has 0 radical (unpaired) electrons. The van der Waals surface area contributed by atoms with E-state index in [1.54, 1.807) is 0 Å². The van der Waals surface area contributed by atoms with Crippen LogP contribution >= 0.6 is 0 Å². The molecule has 2 rings (SSSR count). The molecule has 0 spiro atoms. The fraction of sp³-hybridized carbons (Fsp3) is 0.833. The lowest BCUT2D eigenvalue weighted by Crippen LogP contribution is -2.41. The van der Waals surface area contributed by atoms with Crippen LogP contribution in [0, 0.1) is 0 Å². The molecule has 2 aliphatic rings. The van der Waals surface area contributed by atoms with E-state index < -0.39 is 0 Å². The molecule has 0 aromatic rings. The molecule has 0 saturated carbocycles. The molecule has 0 aromatic carbocycles. The zero-order valence-corrected chi connectivity index (χ0v) is 10.6. The monoisotopic (exact) mass is 224 g/mol. The van der Waals surface area contributed by atoms with Crippen molar-refractivity contribution in [2.24, 2.45) is 0 Å². The number of aliphatic hydroxyl groups excluding tert-OH is 1. The summed E-state index contributed by atoms with van der Waals surface area (Å²) < 4.78 is 12.0. The lowest BCUT2D eigenvalue weighted by molar-refractivity contribution is 0.00578. The molecule has 1 heterocycles. The SMILES string of the molecule is CC1(C)OB([C@@H]2C=C[C@@H](O)CC2)OC1(C)C. The highest BCUT2D eigenvalue weighted by Gasteiger charge is 2.53. The van der Waals surface area contributed by atoms with Crippen molar-refractivity contribution in [1.82, 2.24) is 0 Å². The van der Waals surface area contributed by atoms with Gasteiger partial charge >= 0.3 is 7.12 Å². The number of aliphatic hydroxyl groups is 1. The summed E-state index contributed by atoms with van der Waals surface area (Å²) in [7, 11) is -0.172. The molecular formula is C12H21BO3. The molecule has 1 N–H and O–H groups in total. The van der Waals surface area contributed by atoms with E-state index in [2.05, 4.69) is 27.7 Å². The number of allylic oxidation sites excluding steroid dienone is 1. The average molecular weight is 224 g/mol. The van der Waals surface area contributed by atoms with Crippen LogP contribution in [0.1, 0.15) is 40.5 Å². The van der Waals surface area contributed by atoms with Crippen LogP contribution < -0.4 is 0 Å². The Morgan fingerprint density at radius 1 is 1.06 bits per heavy atom. The zero-order chi connectivity index (χ0) is 12.0. The van der Waals surface area contributed by atoms with E-state index in [1.165, 1.54) is 0 Å². The Kier molecular flexibility index (Phi) is 2.93. The van der Waals surface area contributed by atoms with Gasteiger partial charge in [-0.25, -0.2) is 0 Å². The van der Waals surface area contributed by atoms with E-state index in [1.807, 2.05) is 12.2 Å². The van der Waals surface area contributed by atoms with Crippen molar-refractivity contribution in [2.75, 3.05) is 0 Å². The maximum Gasteiger partial charge on any atom is 0.465 e. The third kappa shape index (κ3) is 2.06. The van der Waals surface area contributed by atoms with E-state index in [9.17, 15) is 5.11 Å². The van der Waals surface area contributed by atoms with Crippen LogP contribution in [0.2, 0.25) is 5.82 Å². The van der Waals surface area contributed by atoms with Crippen LogP contribution in [0.25, 0.3) is 0 Å². The van der Waals surface area contributed by atoms with Crippen molar-refractivity contribution in [3.05, 3.63) is 12.2 Å². The normalized spacial score (nSPS) is 36.7. The summed E-state index contributed by atoms with van der Waals surface area (Å²) in [6.07, 6.45) is 5.30. The van der Waals surface area contributed by atoms with Crippen LogP contribution in [0.5, 0.6) is 0 Å². The minimum absolute atomic E-state index is 0.172. The Morgan fingerprint density at radius 3 is 2.06 bits per heavy atom. The first-order chi connectivity index (χ1) is 7.32. The van der Waals surface area contributed by atoms with Gasteiger partial charge in [-0.1, -0.05) is 12.2 Å². The van der Waals surface area contributed by atoms with Gasteiger partial charge in [0.25, 0.3) is 0 Å². The molecule has 16 heavy (non-hydrogen) atoms. The predicted molar refractivity (Wildman–Crippen MR) is 64.2 cm³/mol. The summed E-state index contributed by atoms with van der Waals surface area (Å²) in [6.45, 7) is 8.26. The van der Waals surface area contributed by atoms with Crippen molar-refractivity contribution >= 4 is 7.12 Å². The topological polar surface area (TPSA) is 38.7 Å². The Hall–Kier alpha value is -0.315. The molecule has 0 aromatic heterocycles. The summed E-state index contributed by atoms with van der Waals surface area (Å²) in [4.78, 5) is 0. The van der Waals surface area contributed by atoms with Gasteiger partial charge in [0.05, 0.1) is 17.3 Å². The van der Waals surface area contributed by atoms with Gasteiger partial charge < -0.3 is 14.4 Å². The van der Waals surface area contributed by atoms with E-state index in [-0.39, 0.29) is 30.2 Å². The van der Waals surface area contributed by atoms with Gasteiger partial charge in [0.2, 0.25) is 0 Å². The van der Waals surface area contributed by atoms with Crippen LogP contribution in [-0.4, -0.2) is 29.5 Å². The first-order valence-electron chi connectivity index (χ1n) is 6.04. The van der Waals surface area contributed by atoms with Crippen molar-refractivity contribution in [1.29, 1.82) is 0 Å². The quantitative estimate of drug-likeness (QED) is 0.547. The lowest BCUT2D eigenvalue weighted by Gasteiger charge is -2.32. The third-order valence-electron chi connectivity index (χ3n) is 4.00. The predicted octanol–water partition coefficient (Wildman–Crippen LogP) is 2.16. The number of hydrogen-bond donors (Lipinski definition) is 1. The summed E-state index contributed by atoms with van der Waals surface area (Å²) in [5.41, 5.74) is -0.525. The summed E-state index contributed by atoms with van der Waals surface area (Å²) >= 11 is 0. The van der Waals surface area contributed by atoms with E-state index in [0.29, 0.717) is 0 Å². The number of rotatable bonds is 1. The molecule has 1 fully saturated rings. The Bertz CT molecular complexity index is 283. The molecule has 0 unspecified atom stereocenters. The molecule has 1 aliphatic carbocycles. The van der Waals surface area contributed by atoms with Gasteiger partial charge in [0.1, 0.15) is 0 Å². The van der Waals surface area contributed by atoms with Crippen LogP contribution in [0.15, 0.2) is 12.2 Å². The van der Waals surface area contributed by atoms with Gasteiger partial charge in [0, 0.05) is 5.82 Å². The van der Waals surface area contributed by atoms with Gasteiger partial charge in [-0.2, -0.15) is 0 Å². The Morgan fingerprint density at radius 2 is 1.62 bits per heavy atom. The summed E-state index contributed by atoms with van der Waals surface area (Å²) in [6, 6.07) is 0. The van der Waals surface area contributed by atoms with Crippen molar-refractivity contribution in [3.63, 3.8) is 0 Å². The molecule has 1 aliphatic heterocycles. The highest BCUT2D eigenvalue weighted by molar-refractivity contribution is 6.48. The Labute approximate surface area is 98.0 Å². The Balaban J connectivity index is 2.06. The zero-order valence-electron chi connectivity index (χ0n) is 10.6. The molecule has 0 amide bonds. The first-order valence-corrected chi connectivity index (χ1v) is 6.04. The first kappa shape index (κ1) is 12.2. The van der Waals surface area contributed by atoms with Crippen molar-refractivity contribution in [2.45, 2.75) is 63.7 Å². The molecular weight excluding hydrogens is 203 g/mol. The van der Waals surface area contributed by atoms with Gasteiger partial charge in [0.15, 0.2) is 0 Å².